The Morgan fingerprint density at radius 3 is 2.33 bits per heavy atom. The predicted octanol–water partition coefficient (Wildman–Crippen LogP) is 3.85. The fourth-order valence-corrected chi connectivity index (χ4v) is 6.03. The van der Waals surface area contributed by atoms with Gasteiger partial charge in [0.15, 0.2) is 0 Å². The van der Waals surface area contributed by atoms with Crippen molar-refractivity contribution >= 4 is 0 Å². The summed E-state index contributed by atoms with van der Waals surface area (Å²) in [4.78, 5) is 8.49. The Balaban J connectivity index is 1.14. The molecule has 1 aromatic rings. The zero-order chi connectivity index (χ0) is 18.1. The van der Waals surface area contributed by atoms with E-state index in [-0.39, 0.29) is 0 Å². The molecule has 4 heterocycles. The van der Waals surface area contributed by atoms with Crippen LogP contribution in [0, 0.1) is 11.8 Å². The van der Waals surface area contributed by atoms with Crippen LogP contribution in [-0.4, -0.2) is 66.1 Å². The Morgan fingerprint density at radius 2 is 1.59 bits per heavy atom. The number of piperidine rings is 2. The van der Waals surface area contributed by atoms with Gasteiger partial charge in [0.05, 0.1) is 0 Å². The van der Waals surface area contributed by atoms with Crippen LogP contribution in [0.1, 0.15) is 50.5 Å². The highest BCUT2D eigenvalue weighted by Crippen LogP contribution is 2.34. The molecule has 0 amide bonds. The topological polar surface area (TPSA) is 9.72 Å². The lowest BCUT2D eigenvalue weighted by Crippen LogP contribution is -2.49. The molecule has 1 aliphatic carbocycles. The zero-order valence-corrected chi connectivity index (χ0v) is 16.9. The smallest absolute Gasteiger partial charge is 0.0233 e. The molecule has 148 valence electrons. The molecule has 0 radical (unpaired) electrons. The number of benzene rings is 1. The molecular weight excluding hydrogens is 330 g/mol. The van der Waals surface area contributed by atoms with Crippen LogP contribution in [0.5, 0.6) is 0 Å². The fraction of sp³-hybridized carbons (Fsp3) is 0.750. The van der Waals surface area contributed by atoms with E-state index in [2.05, 4.69) is 45.0 Å². The van der Waals surface area contributed by atoms with Crippen molar-refractivity contribution in [2.24, 2.45) is 11.8 Å². The van der Waals surface area contributed by atoms with E-state index in [1.807, 2.05) is 0 Å². The van der Waals surface area contributed by atoms with E-state index in [1.54, 1.807) is 0 Å². The molecule has 4 saturated heterocycles. The first-order valence-electron chi connectivity index (χ1n) is 11.6. The van der Waals surface area contributed by atoms with Gasteiger partial charge in [-0.2, -0.15) is 0 Å². The zero-order valence-electron chi connectivity index (χ0n) is 16.9. The van der Waals surface area contributed by atoms with Gasteiger partial charge in [0, 0.05) is 44.8 Å². The van der Waals surface area contributed by atoms with E-state index >= 15 is 0 Å². The number of hydrogen-bond acceptors (Lipinski definition) is 3. The summed E-state index contributed by atoms with van der Waals surface area (Å²) in [5.41, 5.74) is 1.47. The van der Waals surface area contributed by atoms with Gasteiger partial charge in [-0.25, -0.2) is 0 Å². The first kappa shape index (κ1) is 18.1. The molecule has 0 N–H and O–H groups in total. The lowest BCUT2D eigenvalue weighted by atomic mass is 9.83. The van der Waals surface area contributed by atoms with E-state index in [9.17, 15) is 0 Å². The highest BCUT2D eigenvalue weighted by Gasteiger charge is 2.38. The standard InChI is InChI=1S/C24H37N3/c1-2-5-20(6-3-1)15-25-13-11-23(12-14-25)27-18-22-9-10-24(19-27)26(17-22)16-21-7-4-8-21/h1-3,5-6,21-24H,4,7-19H2/t22-,24-/m1/s1. The fourth-order valence-electron chi connectivity index (χ4n) is 6.03. The van der Waals surface area contributed by atoms with Gasteiger partial charge in [0.2, 0.25) is 0 Å². The first-order valence-corrected chi connectivity index (χ1v) is 11.6. The van der Waals surface area contributed by atoms with Crippen LogP contribution in [0.3, 0.4) is 0 Å². The lowest BCUT2D eigenvalue weighted by molar-refractivity contribution is 0.0792. The second-order valence-corrected chi connectivity index (χ2v) is 9.79. The van der Waals surface area contributed by atoms with Crippen molar-refractivity contribution in [1.29, 1.82) is 0 Å². The Morgan fingerprint density at radius 1 is 0.778 bits per heavy atom. The minimum absolute atomic E-state index is 0.837. The third-order valence-corrected chi connectivity index (χ3v) is 7.90. The number of fused-ring (bicyclic) bond motifs is 4. The second kappa shape index (κ2) is 8.23. The van der Waals surface area contributed by atoms with E-state index in [4.69, 9.17) is 0 Å². The molecular formula is C24H37N3. The first-order chi connectivity index (χ1) is 13.3. The summed E-state index contributed by atoms with van der Waals surface area (Å²) in [6, 6.07) is 12.7. The summed E-state index contributed by atoms with van der Waals surface area (Å²) in [6.07, 6.45) is 10.2. The van der Waals surface area contributed by atoms with Crippen molar-refractivity contribution in [3.8, 4) is 0 Å². The minimum Gasteiger partial charge on any atom is -0.299 e. The van der Waals surface area contributed by atoms with Crippen LogP contribution in [0.4, 0.5) is 0 Å². The summed E-state index contributed by atoms with van der Waals surface area (Å²) in [7, 11) is 0. The number of nitrogens with zero attached hydrogens (tertiary/aromatic N) is 3. The largest absolute Gasteiger partial charge is 0.299 e. The van der Waals surface area contributed by atoms with Crippen LogP contribution >= 0.6 is 0 Å². The monoisotopic (exact) mass is 367 g/mol. The van der Waals surface area contributed by atoms with Crippen molar-refractivity contribution in [3.05, 3.63) is 35.9 Å². The maximum absolute atomic E-state index is 2.92. The van der Waals surface area contributed by atoms with Crippen molar-refractivity contribution < 1.29 is 0 Å². The van der Waals surface area contributed by atoms with Crippen LogP contribution < -0.4 is 0 Å². The number of rotatable bonds is 5. The van der Waals surface area contributed by atoms with Gasteiger partial charge in [-0.1, -0.05) is 36.8 Å². The Hall–Kier alpha value is -0.900. The highest BCUT2D eigenvalue weighted by molar-refractivity contribution is 5.14. The molecule has 1 saturated carbocycles. The molecule has 27 heavy (non-hydrogen) atoms. The van der Waals surface area contributed by atoms with Gasteiger partial charge < -0.3 is 0 Å². The summed E-state index contributed by atoms with van der Waals surface area (Å²) >= 11 is 0. The van der Waals surface area contributed by atoms with Gasteiger partial charge in [-0.3, -0.25) is 14.7 Å². The molecule has 5 fully saturated rings. The highest BCUT2D eigenvalue weighted by atomic mass is 15.3. The van der Waals surface area contributed by atoms with Crippen molar-refractivity contribution in [2.45, 2.75) is 63.6 Å². The average molecular weight is 368 g/mol. The molecule has 0 spiro atoms. The van der Waals surface area contributed by atoms with E-state index < -0.39 is 0 Å². The number of likely N-dealkylation sites (tertiary alicyclic amines) is 1. The Kier molecular flexibility index (Phi) is 5.53. The van der Waals surface area contributed by atoms with E-state index in [0.29, 0.717) is 0 Å². The van der Waals surface area contributed by atoms with E-state index in [0.717, 1.165) is 30.5 Å². The summed E-state index contributed by atoms with van der Waals surface area (Å²) in [5.74, 6) is 1.96. The molecule has 4 aliphatic heterocycles. The quantitative estimate of drug-likeness (QED) is 0.783. The molecule has 6 rings (SSSR count). The normalized spacial score (nSPS) is 31.7. The maximum Gasteiger partial charge on any atom is 0.0233 e. The van der Waals surface area contributed by atoms with Gasteiger partial charge in [-0.15, -0.1) is 0 Å². The average Bonchev–Trinajstić information content (AvgIpc) is 2.98. The molecule has 2 bridgehead atoms. The van der Waals surface area contributed by atoms with Crippen LogP contribution in [0.15, 0.2) is 30.3 Å². The second-order valence-electron chi connectivity index (χ2n) is 9.79. The molecule has 0 unspecified atom stereocenters. The van der Waals surface area contributed by atoms with Crippen LogP contribution in [-0.2, 0) is 6.54 Å². The lowest BCUT2D eigenvalue weighted by Gasteiger charge is -2.41. The maximum atomic E-state index is 2.92. The van der Waals surface area contributed by atoms with Crippen molar-refractivity contribution in [2.75, 3.05) is 39.3 Å². The molecule has 3 nitrogen and oxygen atoms in total. The summed E-state index contributed by atoms with van der Waals surface area (Å²) < 4.78 is 0. The van der Waals surface area contributed by atoms with Gasteiger partial charge in [-0.05, 0) is 69.0 Å². The van der Waals surface area contributed by atoms with Crippen LogP contribution in [0.2, 0.25) is 0 Å². The minimum atomic E-state index is 0.837. The van der Waals surface area contributed by atoms with Crippen molar-refractivity contribution in [1.82, 2.24) is 14.7 Å². The third kappa shape index (κ3) is 4.26. The molecule has 1 aromatic carbocycles. The predicted molar refractivity (Wildman–Crippen MR) is 112 cm³/mol. The van der Waals surface area contributed by atoms with Gasteiger partial charge in [0.1, 0.15) is 0 Å². The Bertz CT molecular complexity index is 591. The van der Waals surface area contributed by atoms with Gasteiger partial charge >= 0.3 is 0 Å². The van der Waals surface area contributed by atoms with Gasteiger partial charge in [0.25, 0.3) is 0 Å². The molecule has 2 atom stereocenters. The summed E-state index contributed by atoms with van der Waals surface area (Å²) in [6.45, 7) is 9.21. The SMILES string of the molecule is c1ccc(CN2CCC(N3C[C@@H]4CC[C@H](C3)N(CC3CCC3)C4)CC2)cc1. The molecule has 3 heteroatoms. The molecule has 5 aliphatic rings. The van der Waals surface area contributed by atoms with Crippen LogP contribution in [0.25, 0.3) is 0 Å². The molecule has 0 aromatic heterocycles. The third-order valence-electron chi connectivity index (χ3n) is 7.90. The van der Waals surface area contributed by atoms with Crippen molar-refractivity contribution in [3.63, 3.8) is 0 Å². The van der Waals surface area contributed by atoms with E-state index in [1.165, 1.54) is 89.8 Å². The number of hydrogen-bond donors (Lipinski definition) is 0. The summed E-state index contributed by atoms with van der Waals surface area (Å²) in [5, 5.41) is 0. The Labute approximate surface area is 165 Å².